The highest BCUT2D eigenvalue weighted by Gasteiger charge is 2.39. The molecule has 0 saturated carbocycles. The molecule has 0 spiro atoms. The second kappa shape index (κ2) is 5.20. The molecule has 1 aromatic rings. The van der Waals surface area contributed by atoms with E-state index in [0.717, 1.165) is 17.9 Å². The summed E-state index contributed by atoms with van der Waals surface area (Å²) in [5.74, 6) is 0. The Hall–Kier alpha value is -0.570. The number of benzene rings is 1. The molecule has 1 aliphatic rings. The van der Waals surface area contributed by atoms with Crippen molar-refractivity contribution in [3.63, 3.8) is 0 Å². The van der Waals surface area contributed by atoms with Crippen molar-refractivity contribution in [2.75, 3.05) is 6.61 Å². The van der Waals surface area contributed by atoms with Crippen LogP contribution >= 0.6 is 11.6 Å². The van der Waals surface area contributed by atoms with E-state index in [0.29, 0.717) is 0 Å². The fraction of sp³-hybridized carbons (Fsp3) is 0.600. The highest BCUT2D eigenvalue weighted by atomic mass is 35.5. The largest absolute Gasteiger partial charge is 0.395 e. The number of aliphatic hydroxyl groups is 1. The minimum Gasteiger partial charge on any atom is -0.395 e. The molecule has 0 aromatic heterocycles. The van der Waals surface area contributed by atoms with Crippen molar-refractivity contribution in [3.05, 3.63) is 34.3 Å². The van der Waals surface area contributed by atoms with Gasteiger partial charge < -0.3 is 10.4 Å². The minimum atomic E-state index is 0.152. The second-order valence-electron chi connectivity index (χ2n) is 5.90. The lowest BCUT2D eigenvalue weighted by Crippen LogP contribution is -2.40. The second-order valence-corrected chi connectivity index (χ2v) is 6.33. The molecule has 100 valence electrons. The van der Waals surface area contributed by atoms with Crippen LogP contribution in [0.1, 0.15) is 44.4 Å². The van der Waals surface area contributed by atoms with E-state index in [2.05, 4.69) is 38.2 Å². The van der Waals surface area contributed by atoms with Gasteiger partial charge >= 0.3 is 0 Å². The molecule has 2 rings (SSSR count). The Bertz CT molecular complexity index is 427. The van der Waals surface area contributed by atoms with Crippen molar-refractivity contribution in [3.8, 4) is 0 Å². The number of nitrogens with one attached hydrogen (secondary N) is 1. The van der Waals surface area contributed by atoms with Gasteiger partial charge in [0.25, 0.3) is 0 Å². The van der Waals surface area contributed by atoms with Crippen molar-refractivity contribution < 1.29 is 5.11 Å². The molecule has 2 N–H and O–H groups in total. The van der Waals surface area contributed by atoms with Gasteiger partial charge in [0.2, 0.25) is 0 Å². The lowest BCUT2D eigenvalue weighted by atomic mass is 9.85. The monoisotopic (exact) mass is 267 g/mol. The summed E-state index contributed by atoms with van der Waals surface area (Å²) in [5.41, 5.74) is 2.82. The molecule has 0 bridgehead atoms. The van der Waals surface area contributed by atoms with E-state index in [4.69, 9.17) is 11.6 Å². The third-order valence-electron chi connectivity index (χ3n) is 3.96. The van der Waals surface area contributed by atoms with E-state index in [-0.39, 0.29) is 24.1 Å². The maximum Gasteiger partial charge on any atom is 0.0584 e. The summed E-state index contributed by atoms with van der Waals surface area (Å²) < 4.78 is 0. The number of hydrogen-bond acceptors (Lipinski definition) is 2. The van der Waals surface area contributed by atoms with Crippen LogP contribution in [0.5, 0.6) is 0 Å². The van der Waals surface area contributed by atoms with Crippen molar-refractivity contribution in [2.45, 2.75) is 45.7 Å². The zero-order valence-electron chi connectivity index (χ0n) is 11.3. The lowest BCUT2D eigenvalue weighted by molar-refractivity contribution is 0.188. The molecular weight excluding hydrogens is 246 g/mol. The Morgan fingerprint density at radius 1 is 1.50 bits per heavy atom. The van der Waals surface area contributed by atoms with E-state index >= 15 is 0 Å². The fourth-order valence-electron chi connectivity index (χ4n) is 2.86. The van der Waals surface area contributed by atoms with E-state index in [9.17, 15) is 5.11 Å². The first-order valence-electron chi connectivity index (χ1n) is 6.63. The number of aliphatic hydroxyl groups excluding tert-OH is 1. The normalized spacial score (nSPS) is 22.8. The first kappa shape index (κ1) is 13.9. The molecule has 0 radical (unpaired) electrons. The van der Waals surface area contributed by atoms with Crippen LogP contribution in [0.2, 0.25) is 5.02 Å². The van der Waals surface area contributed by atoms with E-state index in [1.807, 2.05) is 6.07 Å². The molecule has 0 saturated heterocycles. The van der Waals surface area contributed by atoms with Crippen LogP contribution in [0.4, 0.5) is 0 Å². The summed E-state index contributed by atoms with van der Waals surface area (Å²) in [6.07, 6.45) is 1.98. The molecule has 1 aromatic carbocycles. The van der Waals surface area contributed by atoms with Gasteiger partial charge in [-0.1, -0.05) is 38.4 Å². The summed E-state index contributed by atoms with van der Waals surface area (Å²) in [7, 11) is 0. The van der Waals surface area contributed by atoms with Gasteiger partial charge in [-0.2, -0.15) is 0 Å². The third-order valence-corrected chi connectivity index (χ3v) is 4.20. The highest BCUT2D eigenvalue weighted by molar-refractivity contribution is 6.30. The lowest BCUT2D eigenvalue weighted by Gasteiger charge is -2.32. The molecule has 18 heavy (non-hydrogen) atoms. The van der Waals surface area contributed by atoms with Gasteiger partial charge in [-0.25, -0.2) is 0 Å². The van der Waals surface area contributed by atoms with E-state index in [1.165, 1.54) is 11.1 Å². The molecule has 1 unspecified atom stereocenters. The Labute approximate surface area is 114 Å². The minimum absolute atomic E-state index is 0.152. The molecule has 0 amide bonds. The standard InChI is InChI=1S/C15H22ClNO/c1-4-12(9-18)17-14-13-7-11(16)6-5-10(13)8-15(14,2)3/h5-7,12,14,17-18H,4,8-9H2,1-3H3/t12-,14?/m0/s1. The quantitative estimate of drug-likeness (QED) is 0.877. The van der Waals surface area contributed by atoms with Crippen LogP contribution in [0.3, 0.4) is 0 Å². The average Bonchev–Trinajstić information content (AvgIpc) is 2.56. The molecule has 1 aliphatic carbocycles. The number of rotatable bonds is 4. The predicted octanol–water partition coefficient (Wildman–Crippen LogP) is 3.32. The van der Waals surface area contributed by atoms with Gasteiger partial charge in [0.15, 0.2) is 0 Å². The Kier molecular flexibility index (Phi) is 4.00. The van der Waals surface area contributed by atoms with E-state index < -0.39 is 0 Å². The molecule has 2 nitrogen and oxygen atoms in total. The zero-order valence-corrected chi connectivity index (χ0v) is 12.1. The summed E-state index contributed by atoms with van der Waals surface area (Å²) in [6, 6.07) is 6.57. The van der Waals surface area contributed by atoms with Gasteiger partial charge in [-0.05, 0) is 41.5 Å². The molecule has 2 atom stereocenters. The molecule has 0 heterocycles. The van der Waals surface area contributed by atoms with Gasteiger partial charge in [-0.15, -0.1) is 0 Å². The number of hydrogen-bond donors (Lipinski definition) is 2. The highest BCUT2D eigenvalue weighted by Crippen LogP contribution is 2.46. The molecule has 3 heteroatoms. The molecular formula is C15H22ClNO. The van der Waals surface area contributed by atoms with Crippen LogP contribution in [0.25, 0.3) is 0 Å². The first-order chi connectivity index (χ1) is 8.47. The molecule has 0 fully saturated rings. The van der Waals surface area contributed by atoms with Gasteiger partial charge in [0, 0.05) is 17.1 Å². The summed E-state index contributed by atoms with van der Waals surface area (Å²) in [6.45, 7) is 6.80. The Balaban J connectivity index is 2.30. The smallest absolute Gasteiger partial charge is 0.0584 e. The fourth-order valence-corrected chi connectivity index (χ4v) is 3.04. The third kappa shape index (κ3) is 2.56. The maximum absolute atomic E-state index is 9.37. The van der Waals surface area contributed by atoms with Crippen molar-refractivity contribution in [2.24, 2.45) is 5.41 Å². The summed E-state index contributed by atoms with van der Waals surface area (Å²) >= 11 is 6.11. The van der Waals surface area contributed by atoms with Crippen LogP contribution < -0.4 is 5.32 Å². The SMILES string of the molecule is CC[C@@H](CO)NC1c2cc(Cl)ccc2CC1(C)C. The topological polar surface area (TPSA) is 32.3 Å². The number of halogens is 1. The van der Waals surface area contributed by atoms with Crippen LogP contribution in [-0.4, -0.2) is 17.8 Å². The van der Waals surface area contributed by atoms with Crippen molar-refractivity contribution in [1.82, 2.24) is 5.32 Å². The Morgan fingerprint density at radius 3 is 2.83 bits per heavy atom. The van der Waals surface area contributed by atoms with Gasteiger partial charge in [0.05, 0.1) is 6.61 Å². The average molecular weight is 268 g/mol. The van der Waals surface area contributed by atoms with Gasteiger partial charge in [-0.3, -0.25) is 0 Å². The van der Waals surface area contributed by atoms with Crippen LogP contribution in [0.15, 0.2) is 18.2 Å². The predicted molar refractivity (Wildman–Crippen MR) is 76.0 cm³/mol. The summed E-state index contributed by atoms with van der Waals surface area (Å²) in [5, 5.41) is 13.7. The molecule has 0 aliphatic heterocycles. The van der Waals surface area contributed by atoms with Crippen molar-refractivity contribution >= 4 is 11.6 Å². The Morgan fingerprint density at radius 2 is 2.22 bits per heavy atom. The summed E-state index contributed by atoms with van der Waals surface area (Å²) in [4.78, 5) is 0. The zero-order chi connectivity index (χ0) is 13.3. The number of fused-ring (bicyclic) bond motifs is 1. The first-order valence-corrected chi connectivity index (χ1v) is 7.01. The van der Waals surface area contributed by atoms with Gasteiger partial charge in [0.1, 0.15) is 0 Å². The van der Waals surface area contributed by atoms with Crippen molar-refractivity contribution in [1.29, 1.82) is 0 Å². The maximum atomic E-state index is 9.37. The van der Waals surface area contributed by atoms with Crippen LogP contribution in [-0.2, 0) is 6.42 Å². The van der Waals surface area contributed by atoms with E-state index in [1.54, 1.807) is 0 Å². The van der Waals surface area contributed by atoms with Crippen LogP contribution in [0, 0.1) is 5.41 Å².